The summed E-state index contributed by atoms with van der Waals surface area (Å²) >= 11 is 0. The summed E-state index contributed by atoms with van der Waals surface area (Å²) in [6.45, 7) is 0. The largest absolute Gasteiger partial charge is 0.493 e. The molecule has 0 saturated carbocycles. The minimum atomic E-state index is -0.691. The number of rotatable bonds is 8. The van der Waals surface area contributed by atoms with Gasteiger partial charge in [-0.25, -0.2) is 4.79 Å². The first-order chi connectivity index (χ1) is 17.9. The fourth-order valence-electron chi connectivity index (χ4n) is 3.59. The number of non-ortho nitro benzene ring substituents is 1. The molecule has 0 aliphatic carbocycles. The summed E-state index contributed by atoms with van der Waals surface area (Å²) < 4.78 is 10.9. The quantitative estimate of drug-likeness (QED) is 0.0889. The normalized spacial score (nSPS) is 10.7. The minimum Gasteiger partial charge on any atom is -0.493 e. The Morgan fingerprint density at radius 1 is 0.757 bits per heavy atom. The predicted octanol–water partition coefficient (Wildman–Crippen LogP) is 6.57. The lowest BCUT2D eigenvalue weighted by atomic mass is 10.0. The van der Waals surface area contributed by atoms with Crippen molar-refractivity contribution in [3.8, 4) is 22.6 Å². The average Bonchev–Trinajstić information content (AvgIpc) is 2.92. The van der Waals surface area contributed by atoms with E-state index in [9.17, 15) is 25.0 Å². The summed E-state index contributed by atoms with van der Waals surface area (Å²) in [5, 5.41) is 22.3. The summed E-state index contributed by atoms with van der Waals surface area (Å²) in [5.41, 5.74) is 2.43. The third kappa shape index (κ3) is 5.85. The van der Waals surface area contributed by atoms with Gasteiger partial charge in [-0.15, -0.1) is 0 Å². The van der Waals surface area contributed by atoms with Gasteiger partial charge in [0.25, 0.3) is 11.4 Å². The summed E-state index contributed by atoms with van der Waals surface area (Å²) in [5.74, 6) is -0.0598. The molecule has 4 aromatic rings. The summed E-state index contributed by atoms with van der Waals surface area (Å²) in [7, 11) is 1.43. The zero-order valence-corrected chi connectivity index (χ0v) is 19.6. The van der Waals surface area contributed by atoms with E-state index in [0.29, 0.717) is 11.1 Å². The summed E-state index contributed by atoms with van der Waals surface area (Å²) in [4.78, 5) is 33.6. The Labute approximate surface area is 211 Å². The van der Waals surface area contributed by atoms with Gasteiger partial charge in [0.2, 0.25) is 0 Å². The van der Waals surface area contributed by atoms with E-state index in [1.165, 1.54) is 25.3 Å². The van der Waals surface area contributed by atoms with Crippen LogP contribution in [0.1, 0.15) is 21.5 Å². The highest BCUT2D eigenvalue weighted by Crippen LogP contribution is 2.31. The highest BCUT2D eigenvalue weighted by molar-refractivity contribution is 5.92. The highest BCUT2D eigenvalue weighted by atomic mass is 16.6. The number of hydrogen-bond donors (Lipinski definition) is 0. The van der Waals surface area contributed by atoms with Crippen LogP contribution >= 0.6 is 0 Å². The van der Waals surface area contributed by atoms with Gasteiger partial charge < -0.3 is 9.47 Å². The zero-order chi connectivity index (χ0) is 26.4. The van der Waals surface area contributed by atoms with Crippen LogP contribution < -0.4 is 9.47 Å². The van der Waals surface area contributed by atoms with Gasteiger partial charge in [0.05, 0.1) is 34.1 Å². The highest BCUT2D eigenvalue weighted by Gasteiger charge is 2.18. The Kier molecular flexibility index (Phi) is 7.34. The second-order valence-corrected chi connectivity index (χ2v) is 7.83. The number of methoxy groups -OCH3 is 1. The molecular weight excluding hydrogens is 476 g/mol. The number of esters is 1. The number of nitro groups is 2. The number of nitro benzene ring substituents is 2. The molecule has 0 spiro atoms. The Morgan fingerprint density at radius 3 is 2.11 bits per heavy atom. The van der Waals surface area contributed by atoms with Crippen LogP contribution in [0, 0.1) is 20.2 Å². The van der Waals surface area contributed by atoms with Crippen LogP contribution in [-0.2, 0) is 0 Å². The van der Waals surface area contributed by atoms with Gasteiger partial charge in [-0.2, -0.15) is 0 Å². The van der Waals surface area contributed by atoms with Crippen molar-refractivity contribution in [3.05, 3.63) is 128 Å². The molecule has 9 heteroatoms. The molecule has 0 saturated heterocycles. The SMILES string of the molecule is COc1cc(C=Cc2ccc([N+](=O)[O-])cc2[N+](=O)[O-])ccc1OC(=O)c1ccc(-c2ccccc2)cc1. The second kappa shape index (κ2) is 11.0. The van der Waals surface area contributed by atoms with Crippen molar-refractivity contribution in [2.24, 2.45) is 0 Å². The molecule has 0 unspecified atom stereocenters. The zero-order valence-electron chi connectivity index (χ0n) is 19.6. The van der Waals surface area contributed by atoms with E-state index in [0.717, 1.165) is 17.2 Å². The van der Waals surface area contributed by atoms with Crippen LogP contribution in [0.5, 0.6) is 11.5 Å². The van der Waals surface area contributed by atoms with E-state index in [2.05, 4.69) is 0 Å². The standard InChI is InChI=1S/C28H20N2O7/c1-36-27-17-19(7-9-22-14-15-24(29(32)33)18-25(22)30(34)35)8-16-26(27)37-28(31)23-12-10-21(11-13-23)20-5-3-2-4-6-20/h2-18H,1H3. The molecule has 0 aliphatic rings. The van der Waals surface area contributed by atoms with Crippen molar-refractivity contribution in [3.63, 3.8) is 0 Å². The first-order valence-corrected chi connectivity index (χ1v) is 11.0. The molecule has 0 N–H and O–H groups in total. The topological polar surface area (TPSA) is 122 Å². The summed E-state index contributed by atoms with van der Waals surface area (Å²) in [6, 6.07) is 25.1. The van der Waals surface area contributed by atoms with Crippen molar-refractivity contribution < 1.29 is 24.1 Å². The fourth-order valence-corrected chi connectivity index (χ4v) is 3.59. The van der Waals surface area contributed by atoms with Gasteiger partial charge in [-0.1, -0.05) is 54.6 Å². The molecule has 37 heavy (non-hydrogen) atoms. The van der Waals surface area contributed by atoms with Gasteiger partial charge in [0.15, 0.2) is 11.5 Å². The number of ether oxygens (including phenoxy) is 2. The molecule has 4 aromatic carbocycles. The van der Waals surface area contributed by atoms with Crippen molar-refractivity contribution in [1.29, 1.82) is 0 Å². The molecule has 0 amide bonds. The number of benzene rings is 4. The smallest absolute Gasteiger partial charge is 0.343 e. The van der Waals surface area contributed by atoms with Crippen LogP contribution in [0.3, 0.4) is 0 Å². The van der Waals surface area contributed by atoms with Gasteiger partial charge in [0, 0.05) is 6.07 Å². The molecule has 0 radical (unpaired) electrons. The number of carbonyl (C=O) groups excluding carboxylic acids is 1. The van der Waals surface area contributed by atoms with Crippen LogP contribution in [-0.4, -0.2) is 22.9 Å². The van der Waals surface area contributed by atoms with E-state index >= 15 is 0 Å². The van der Waals surface area contributed by atoms with Crippen molar-refractivity contribution in [2.45, 2.75) is 0 Å². The minimum absolute atomic E-state index is 0.198. The maximum Gasteiger partial charge on any atom is 0.343 e. The number of nitrogens with zero attached hydrogens (tertiary/aromatic N) is 2. The van der Waals surface area contributed by atoms with Crippen LogP contribution in [0.25, 0.3) is 23.3 Å². The third-order valence-electron chi connectivity index (χ3n) is 5.49. The fraction of sp³-hybridized carbons (Fsp3) is 0.0357. The molecule has 0 atom stereocenters. The lowest BCUT2D eigenvalue weighted by Gasteiger charge is -2.10. The predicted molar refractivity (Wildman–Crippen MR) is 139 cm³/mol. The first kappa shape index (κ1) is 24.8. The van der Waals surface area contributed by atoms with E-state index in [1.807, 2.05) is 42.5 Å². The number of hydrogen-bond acceptors (Lipinski definition) is 7. The molecule has 184 valence electrons. The Bertz CT molecular complexity index is 1500. The van der Waals surface area contributed by atoms with Gasteiger partial charge >= 0.3 is 5.97 Å². The van der Waals surface area contributed by atoms with Gasteiger partial charge in [-0.3, -0.25) is 20.2 Å². The van der Waals surface area contributed by atoms with Gasteiger partial charge in [0.1, 0.15) is 0 Å². The third-order valence-corrected chi connectivity index (χ3v) is 5.49. The molecule has 0 fully saturated rings. The molecule has 0 heterocycles. The molecule has 0 aromatic heterocycles. The lowest BCUT2D eigenvalue weighted by molar-refractivity contribution is -0.394. The van der Waals surface area contributed by atoms with Gasteiger partial charge in [-0.05, 0) is 53.1 Å². The maximum atomic E-state index is 12.7. The van der Waals surface area contributed by atoms with E-state index < -0.39 is 15.8 Å². The van der Waals surface area contributed by atoms with E-state index in [1.54, 1.807) is 36.4 Å². The molecule has 0 bridgehead atoms. The monoisotopic (exact) mass is 496 g/mol. The summed E-state index contributed by atoms with van der Waals surface area (Å²) in [6.07, 6.45) is 3.06. The Hall–Kier alpha value is -5.31. The van der Waals surface area contributed by atoms with Crippen LogP contribution in [0.2, 0.25) is 0 Å². The molecule has 0 aliphatic heterocycles. The molecule has 9 nitrogen and oxygen atoms in total. The van der Waals surface area contributed by atoms with Crippen molar-refractivity contribution in [2.75, 3.05) is 7.11 Å². The number of carbonyl (C=O) groups is 1. The van der Waals surface area contributed by atoms with E-state index in [4.69, 9.17) is 9.47 Å². The molecule has 4 rings (SSSR count). The second-order valence-electron chi connectivity index (χ2n) is 7.83. The lowest BCUT2D eigenvalue weighted by Crippen LogP contribution is -2.09. The van der Waals surface area contributed by atoms with Crippen molar-refractivity contribution in [1.82, 2.24) is 0 Å². The Morgan fingerprint density at radius 2 is 1.46 bits per heavy atom. The Balaban J connectivity index is 1.51. The van der Waals surface area contributed by atoms with Crippen LogP contribution in [0.15, 0.2) is 91.0 Å². The molecular formula is C28H20N2O7. The van der Waals surface area contributed by atoms with Crippen molar-refractivity contribution >= 4 is 29.5 Å². The first-order valence-electron chi connectivity index (χ1n) is 11.0. The van der Waals surface area contributed by atoms with Crippen LogP contribution in [0.4, 0.5) is 11.4 Å². The average molecular weight is 496 g/mol. The van der Waals surface area contributed by atoms with E-state index in [-0.39, 0.29) is 28.4 Å². The maximum absolute atomic E-state index is 12.7.